The monoisotopic (exact) mass is 217 g/mol. The molecule has 1 aromatic rings. The lowest BCUT2D eigenvalue weighted by Gasteiger charge is -2.20. The first-order valence-electron chi connectivity index (χ1n) is 5.80. The number of nitriles is 1. The number of halogens is 1. The van der Waals surface area contributed by atoms with E-state index in [2.05, 4.69) is 13.0 Å². The number of benzene rings is 1. The van der Waals surface area contributed by atoms with E-state index >= 15 is 0 Å². The van der Waals surface area contributed by atoms with E-state index in [1.54, 1.807) is 12.1 Å². The molecule has 0 spiro atoms. The van der Waals surface area contributed by atoms with E-state index in [1.807, 2.05) is 6.07 Å². The Labute approximate surface area is 95.9 Å². The molecule has 1 saturated carbocycles. The number of rotatable bonds is 2. The Kier molecular flexibility index (Phi) is 2.96. The quantitative estimate of drug-likeness (QED) is 0.741. The Morgan fingerprint density at radius 1 is 1.50 bits per heavy atom. The molecule has 2 unspecified atom stereocenters. The summed E-state index contributed by atoms with van der Waals surface area (Å²) in [6, 6.07) is 9.20. The van der Waals surface area contributed by atoms with Crippen molar-refractivity contribution in [1.82, 2.24) is 0 Å². The molecular formula is C14H16FN. The van der Waals surface area contributed by atoms with Gasteiger partial charge in [0.05, 0.1) is 11.5 Å². The Balaban J connectivity index is 2.21. The van der Waals surface area contributed by atoms with E-state index in [0.29, 0.717) is 17.9 Å². The first-order valence-corrected chi connectivity index (χ1v) is 5.80. The smallest absolute Gasteiger partial charge is 0.126 e. The summed E-state index contributed by atoms with van der Waals surface area (Å²) in [5.41, 5.74) is 0.347. The average Bonchev–Trinajstić information content (AvgIpc) is 2.65. The van der Waals surface area contributed by atoms with E-state index in [9.17, 15) is 9.65 Å². The minimum absolute atomic E-state index is 0.184. The van der Waals surface area contributed by atoms with Crippen LogP contribution >= 0.6 is 0 Å². The molecule has 2 heteroatoms. The molecule has 16 heavy (non-hydrogen) atoms. The maximum Gasteiger partial charge on any atom is 0.126 e. The summed E-state index contributed by atoms with van der Waals surface area (Å²) in [6.07, 6.45) is 3.44. The molecule has 0 bridgehead atoms. The van der Waals surface area contributed by atoms with Crippen LogP contribution in [0.2, 0.25) is 0 Å². The summed E-state index contributed by atoms with van der Waals surface area (Å²) in [6.45, 7) is 2.17. The predicted octanol–water partition coefficient (Wildman–Crippen LogP) is 3.70. The second-order valence-corrected chi connectivity index (χ2v) is 5.01. The second-order valence-electron chi connectivity index (χ2n) is 5.01. The molecule has 0 heterocycles. The molecule has 84 valence electrons. The highest BCUT2D eigenvalue weighted by molar-refractivity contribution is 5.22. The van der Waals surface area contributed by atoms with E-state index in [-0.39, 0.29) is 11.2 Å². The zero-order valence-electron chi connectivity index (χ0n) is 9.54. The normalized spacial score (nSPS) is 28.9. The molecule has 0 N–H and O–H groups in total. The highest BCUT2D eigenvalue weighted by atomic mass is 19.1. The van der Waals surface area contributed by atoms with Crippen LogP contribution in [0.5, 0.6) is 0 Å². The van der Waals surface area contributed by atoms with Crippen molar-refractivity contribution in [2.24, 2.45) is 11.3 Å². The largest absolute Gasteiger partial charge is 0.207 e. The molecule has 0 amide bonds. The molecule has 1 aromatic carbocycles. The molecule has 1 aliphatic rings. The van der Waals surface area contributed by atoms with Crippen molar-refractivity contribution in [1.29, 1.82) is 5.26 Å². The van der Waals surface area contributed by atoms with Gasteiger partial charge in [-0.05, 0) is 43.2 Å². The van der Waals surface area contributed by atoms with E-state index in [1.165, 1.54) is 6.07 Å². The van der Waals surface area contributed by atoms with Gasteiger partial charge in [0.15, 0.2) is 0 Å². The van der Waals surface area contributed by atoms with Gasteiger partial charge in [0.25, 0.3) is 0 Å². The highest BCUT2D eigenvalue weighted by Crippen LogP contribution is 2.43. The van der Waals surface area contributed by atoms with Crippen molar-refractivity contribution >= 4 is 0 Å². The molecule has 0 radical (unpaired) electrons. The molecule has 1 nitrogen and oxygen atoms in total. The van der Waals surface area contributed by atoms with Crippen molar-refractivity contribution in [3.05, 3.63) is 35.6 Å². The van der Waals surface area contributed by atoms with E-state index in [0.717, 1.165) is 19.3 Å². The van der Waals surface area contributed by atoms with Crippen LogP contribution in [0.4, 0.5) is 4.39 Å². The van der Waals surface area contributed by atoms with Gasteiger partial charge in [0, 0.05) is 0 Å². The summed E-state index contributed by atoms with van der Waals surface area (Å²) >= 11 is 0. The average molecular weight is 217 g/mol. The number of nitrogens with zero attached hydrogens (tertiary/aromatic N) is 1. The van der Waals surface area contributed by atoms with E-state index in [4.69, 9.17) is 0 Å². The van der Waals surface area contributed by atoms with Crippen molar-refractivity contribution in [3.8, 4) is 6.07 Å². The van der Waals surface area contributed by atoms with Gasteiger partial charge >= 0.3 is 0 Å². The summed E-state index contributed by atoms with van der Waals surface area (Å²) in [4.78, 5) is 0. The van der Waals surface area contributed by atoms with Crippen LogP contribution in [0, 0.1) is 28.5 Å². The second kappa shape index (κ2) is 4.25. The maximum absolute atomic E-state index is 13.5. The first kappa shape index (κ1) is 11.1. The minimum atomic E-state index is -0.332. The molecule has 2 atom stereocenters. The lowest BCUT2D eigenvalue weighted by Crippen LogP contribution is -2.18. The van der Waals surface area contributed by atoms with Gasteiger partial charge < -0.3 is 0 Å². The maximum atomic E-state index is 13.5. The topological polar surface area (TPSA) is 23.8 Å². The van der Waals surface area contributed by atoms with Crippen LogP contribution in [0.1, 0.15) is 31.7 Å². The van der Waals surface area contributed by atoms with Gasteiger partial charge in [-0.1, -0.05) is 25.1 Å². The van der Waals surface area contributed by atoms with Gasteiger partial charge in [-0.25, -0.2) is 4.39 Å². The fourth-order valence-electron chi connectivity index (χ4n) is 2.70. The molecule has 0 aliphatic heterocycles. The predicted molar refractivity (Wildman–Crippen MR) is 61.2 cm³/mol. The van der Waals surface area contributed by atoms with Crippen molar-refractivity contribution in [3.63, 3.8) is 0 Å². The van der Waals surface area contributed by atoms with Crippen molar-refractivity contribution in [2.75, 3.05) is 0 Å². The Hall–Kier alpha value is -1.36. The zero-order valence-corrected chi connectivity index (χ0v) is 9.54. The van der Waals surface area contributed by atoms with Crippen LogP contribution in [-0.4, -0.2) is 0 Å². The summed E-state index contributed by atoms with van der Waals surface area (Å²) in [7, 11) is 0. The molecule has 0 aromatic heterocycles. The van der Waals surface area contributed by atoms with Crippen LogP contribution < -0.4 is 0 Å². The lowest BCUT2D eigenvalue weighted by molar-refractivity contribution is 0.384. The molecule has 0 saturated heterocycles. The van der Waals surface area contributed by atoms with Gasteiger partial charge in [-0.3, -0.25) is 0 Å². The van der Waals surface area contributed by atoms with Crippen LogP contribution in [0.15, 0.2) is 24.3 Å². The van der Waals surface area contributed by atoms with Crippen LogP contribution in [-0.2, 0) is 6.42 Å². The molecular weight excluding hydrogens is 201 g/mol. The molecule has 1 aliphatic carbocycles. The number of hydrogen-bond donors (Lipinski definition) is 0. The van der Waals surface area contributed by atoms with Gasteiger partial charge in [0.2, 0.25) is 0 Å². The minimum Gasteiger partial charge on any atom is -0.207 e. The van der Waals surface area contributed by atoms with Gasteiger partial charge in [0.1, 0.15) is 5.82 Å². The standard InChI is InChI=1S/C14H16FN/c1-11-6-7-14(8-11,10-16)9-12-4-2-3-5-13(12)15/h2-5,11H,6-9H2,1H3. The SMILES string of the molecule is CC1CCC(C#N)(Cc2ccccc2F)C1. The zero-order chi connectivity index (χ0) is 11.6. The Morgan fingerprint density at radius 2 is 2.25 bits per heavy atom. The third-order valence-electron chi connectivity index (χ3n) is 3.58. The third-order valence-corrected chi connectivity index (χ3v) is 3.58. The third kappa shape index (κ3) is 2.09. The highest BCUT2D eigenvalue weighted by Gasteiger charge is 2.38. The van der Waals surface area contributed by atoms with Crippen molar-refractivity contribution in [2.45, 2.75) is 32.6 Å². The van der Waals surface area contributed by atoms with Gasteiger partial charge in [-0.15, -0.1) is 0 Å². The summed E-state index contributed by atoms with van der Waals surface area (Å²) < 4.78 is 13.5. The number of hydrogen-bond acceptors (Lipinski definition) is 1. The van der Waals surface area contributed by atoms with E-state index < -0.39 is 0 Å². The Bertz CT molecular complexity index is 421. The first-order chi connectivity index (χ1) is 7.65. The fourth-order valence-corrected chi connectivity index (χ4v) is 2.70. The summed E-state index contributed by atoms with van der Waals surface area (Å²) in [5, 5.41) is 9.31. The molecule has 2 rings (SSSR count). The fraction of sp³-hybridized carbons (Fsp3) is 0.500. The van der Waals surface area contributed by atoms with Crippen LogP contribution in [0.3, 0.4) is 0 Å². The lowest BCUT2D eigenvalue weighted by atomic mass is 9.81. The van der Waals surface area contributed by atoms with Crippen LogP contribution in [0.25, 0.3) is 0 Å². The summed E-state index contributed by atoms with van der Waals surface area (Å²) in [5.74, 6) is 0.406. The Morgan fingerprint density at radius 3 is 2.81 bits per heavy atom. The molecule has 1 fully saturated rings. The van der Waals surface area contributed by atoms with Gasteiger partial charge in [-0.2, -0.15) is 5.26 Å². The van der Waals surface area contributed by atoms with Crippen molar-refractivity contribution < 1.29 is 4.39 Å².